The summed E-state index contributed by atoms with van der Waals surface area (Å²) in [6, 6.07) is 12.2. The van der Waals surface area contributed by atoms with Crippen LogP contribution in [0.25, 0.3) is 0 Å². The van der Waals surface area contributed by atoms with Gasteiger partial charge in [-0.25, -0.2) is 0 Å². The van der Waals surface area contributed by atoms with Crippen molar-refractivity contribution in [2.45, 2.75) is 26.8 Å². The zero-order valence-electron chi connectivity index (χ0n) is 12.1. The Hall–Kier alpha value is -1.65. The van der Waals surface area contributed by atoms with Crippen molar-refractivity contribution in [3.05, 3.63) is 51.7 Å². The molecule has 0 aliphatic carbocycles. The van der Waals surface area contributed by atoms with Gasteiger partial charge in [0.25, 0.3) is 0 Å². The van der Waals surface area contributed by atoms with Gasteiger partial charge in [-0.05, 0) is 50.6 Å². The summed E-state index contributed by atoms with van der Waals surface area (Å²) in [6.07, 6.45) is 0. The zero-order chi connectivity index (χ0) is 14.5. The predicted molar refractivity (Wildman–Crippen MR) is 85.3 cm³/mol. The fourth-order valence-corrected chi connectivity index (χ4v) is 2.86. The maximum Gasteiger partial charge on any atom is 0.238 e. The number of nitrogens with one attached hydrogen (secondary N) is 2. The van der Waals surface area contributed by atoms with E-state index in [-0.39, 0.29) is 11.9 Å². The van der Waals surface area contributed by atoms with Gasteiger partial charge in [0.05, 0.1) is 6.54 Å². The number of amides is 1. The van der Waals surface area contributed by atoms with Gasteiger partial charge in [0.1, 0.15) is 0 Å². The van der Waals surface area contributed by atoms with E-state index in [4.69, 9.17) is 0 Å². The van der Waals surface area contributed by atoms with Crippen LogP contribution in [0.3, 0.4) is 0 Å². The van der Waals surface area contributed by atoms with Gasteiger partial charge in [0.2, 0.25) is 5.91 Å². The average Bonchev–Trinajstić information content (AvgIpc) is 2.83. The first kappa shape index (κ1) is 14.8. The van der Waals surface area contributed by atoms with Gasteiger partial charge in [0.15, 0.2) is 0 Å². The molecule has 2 N–H and O–H groups in total. The molecule has 0 fully saturated rings. The summed E-state index contributed by atoms with van der Waals surface area (Å²) >= 11 is 1.76. The summed E-state index contributed by atoms with van der Waals surface area (Å²) in [7, 11) is 0. The lowest BCUT2D eigenvalue weighted by molar-refractivity contribution is -0.115. The molecule has 1 heterocycles. The van der Waals surface area contributed by atoms with Crippen LogP contribution in [0.4, 0.5) is 5.69 Å². The maximum atomic E-state index is 11.9. The zero-order valence-corrected chi connectivity index (χ0v) is 12.9. The molecule has 0 bridgehead atoms. The number of hydrogen-bond donors (Lipinski definition) is 2. The normalized spacial score (nSPS) is 12.2. The van der Waals surface area contributed by atoms with Crippen LogP contribution >= 0.6 is 11.3 Å². The summed E-state index contributed by atoms with van der Waals surface area (Å²) in [5.41, 5.74) is 1.98. The summed E-state index contributed by atoms with van der Waals surface area (Å²) < 4.78 is 0. The van der Waals surface area contributed by atoms with Crippen LogP contribution in [0.15, 0.2) is 36.4 Å². The highest BCUT2D eigenvalue weighted by atomic mass is 32.1. The molecule has 1 atom stereocenters. The second-order valence-electron chi connectivity index (χ2n) is 4.97. The van der Waals surface area contributed by atoms with Gasteiger partial charge in [-0.3, -0.25) is 4.79 Å². The van der Waals surface area contributed by atoms with Gasteiger partial charge < -0.3 is 10.6 Å². The summed E-state index contributed by atoms with van der Waals surface area (Å²) in [6.45, 7) is 6.48. The molecule has 3 nitrogen and oxygen atoms in total. The van der Waals surface area contributed by atoms with E-state index in [1.54, 1.807) is 11.3 Å². The average molecular weight is 288 g/mol. The Morgan fingerprint density at radius 2 is 2.05 bits per heavy atom. The lowest BCUT2D eigenvalue weighted by Gasteiger charge is -2.12. The van der Waals surface area contributed by atoms with Crippen LogP contribution in [-0.2, 0) is 4.79 Å². The lowest BCUT2D eigenvalue weighted by atomic mass is 10.2. The van der Waals surface area contributed by atoms with Crippen molar-refractivity contribution in [3.8, 4) is 0 Å². The van der Waals surface area contributed by atoms with Gasteiger partial charge in [-0.15, -0.1) is 11.3 Å². The van der Waals surface area contributed by atoms with Crippen LogP contribution in [0, 0.1) is 13.8 Å². The van der Waals surface area contributed by atoms with E-state index in [0.717, 1.165) is 11.3 Å². The number of thiophene rings is 1. The van der Waals surface area contributed by atoms with Gasteiger partial charge in [0, 0.05) is 21.5 Å². The monoisotopic (exact) mass is 288 g/mol. The van der Waals surface area contributed by atoms with Crippen molar-refractivity contribution in [1.82, 2.24) is 5.32 Å². The van der Waals surface area contributed by atoms with Gasteiger partial charge in [-0.2, -0.15) is 0 Å². The molecule has 0 saturated heterocycles. The van der Waals surface area contributed by atoms with Crippen LogP contribution in [0.5, 0.6) is 0 Å². The Bertz CT molecular complexity index is 592. The molecule has 0 spiro atoms. The van der Waals surface area contributed by atoms with Crippen LogP contribution < -0.4 is 10.6 Å². The molecule has 2 aromatic rings. The first-order valence-corrected chi connectivity index (χ1v) is 7.52. The number of rotatable bonds is 5. The van der Waals surface area contributed by atoms with E-state index in [1.165, 1.54) is 9.75 Å². The van der Waals surface area contributed by atoms with Crippen molar-refractivity contribution >= 4 is 22.9 Å². The number of carbonyl (C=O) groups is 1. The highest BCUT2D eigenvalue weighted by Gasteiger charge is 2.09. The van der Waals surface area contributed by atoms with Crippen molar-refractivity contribution in [3.63, 3.8) is 0 Å². The number of anilines is 1. The van der Waals surface area contributed by atoms with E-state index in [0.29, 0.717) is 6.54 Å². The quantitative estimate of drug-likeness (QED) is 0.881. The van der Waals surface area contributed by atoms with E-state index in [2.05, 4.69) is 36.6 Å². The van der Waals surface area contributed by atoms with E-state index >= 15 is 0 Å². The smallest absolute Gasteiger partial charge is 0.238 e. The van der Waals surface area contributed by atoms with Crippen molar-refractivity contribution in [2.75, 3.05) is 11.9 Å². The van der Waals surface area contributed by atoms with E-state index < -0.39 is 0 Å². The molecule has 4 heteroatoms. The molecule has 20 heavy (non-hydrogen) atoms. The minimum atomic E-state index is -0.0178. The van der Waals surface area contributed by atoms with Crippen molar-refractivity contribution in [2.24, 2.45) is 0 Å². The molecule has 0 aliphatic rings. The van der Waals surface area contributed by atoms with Gasteiger partial charge >= 0.3 is 0 Å². The minimum Gasteiger partial charge on any atom is -0.325 e. The minimum absolute atomic E-state index is 0.0178. The summed E-state index contributed by atoms with van der Waals surface area (Å²) in [4.78, 5) is 14.4. The molecule has 0 radical (unpaired) electrons. The molecule has 1 aromatic carbocycles. The van der Waals surface area contributed by atoms with Crippen LogP contribution in [-0.4, -0.2) is 12.5 Å². The largest absolute Gasteiger partial charge is 0.325 e. The number of hydrogen-bond acceptors (Lipinski definition) is 3. The topological polar surface area (TPSA) is 41.1 Å². The Balaban J connectivity index is 1.83. The Morgan fingerprint density at radius 1 is 1.25 bits per heavy atom. The molecule has 0 aliphatic heterocycles. The fourth-order valence-electron chi connectivity index (χ4n) is 1.96. The van der Waals surface area contributed by atoms with Crippen molar-refractivity contribution < 1.29 is 4.79 Å². The second kappa shape index (κ2) is 6.68. The molecule has 1 unspecified atom stereocenters. The third-order valence-corrected chi connectivity index (χ3v) is 4.24. The SMILES string of the molecule is Cc1cccc(NC(=O)CNC(C)c2ccc(C)s2)c1. The lowest BCUT2D eigenvalue weighted by Crippen LogP contribution is -2.29. The Kier molecular flexibility index (Phi) is 4.93. The number of carbonyl (C=O) groups excluding carboxylic acids is 1. The standard InChI is InChI=1S/C16H20N2OS/c1-11-5-4-6-14(9-11)18-16(19)10-17-13(3)15-8-7-12(2)20-15/h4-9,13,17H,10H2,1-3H3,(H,18,19). The first-order chi connectivity index (χ1) is 9.54. The molecule has 2 rings (SSSR count). The van der Waals surface area contributed by atoms with Crippen molar-refractivity contribution in [1.29, 1.82) is 0 Å². The first-order valence-electron chi connectivity index (χ1n) is 6.71. The molecule has 1 aromatic heterocycles. The molecular weight excluding hydrogens is 268 g/mol. The molecule has 0 saturated carbocycles. The highest BCUT2D eigenvalue weighted by molar-refractivity contribution is 7.12. The van der Waals surface area contributed by atoms with Crippen LogP contribution in [0.1, 0.15) is 28.3 Å². The molecule has 106 valence electrons. The fraction of sp³-hybridized carbons (Fsp3) is 0.312. The predicted octanol–water partition coefficient (Wildman–Crippen LogP) is 3.65. The Labute approximate surface area is 124 Å². The highest BCUT2D eigenvalue weighted by Crippen LogP contribution is 2.22. The van der Waals surface area contributed by atoms with Gasteiger partial charge in [-0.1, -0.05) is 12.1 Å². The second-order valence-corrected chi connectivity index (χ2v) is 6.29. The maximum absolute atomic E-state index is 11.9. The molecular formula is C16H20N2OS. The third kappa shape index (κ3) is 4.18. The van der Waals surface area contributed by atoms with Crippen LogP contribution in [0.2, 0.25) is 0 Å². The van der Waals surface area contributed by atoms with E-state index in [9.17, 15) is 4.79 Å². The van der Waals surface area contributed by atoms with E-state index in [1.807, 2.05) is 31.2 Å². The number of benzene rings is 1. The molecule has 1 amide bonds. The third-order valence-electron chi connectivity index (χ3n) is 3.06. The summed E-state index contributed by atoms with van der Waals surface area (Å²) in [5, 5.41) is 6.14. The summed E-state index contributed by atoms with van der Waals surface area (Å²) in [5.74, 6) is -0.0178. The number of aryl methyl sites for hydroxylation is 2. The Morgan fingerprint density at radius 3 is 2.70 bits per heavy atom.